The quantitative estimate of drug-likeness (QED) is 0.417. The Hall–Kier alpha value is -1.38. The first-order valence-corrected chi connectivity index (χ1v) is 9.93. The fourth-order valence-electron chi connectivity index (χ4n) is 3.16. The zero-order chi connectivity index (χ0) is 19.1. The van der Waals surface area contributed by atoms with Gasteiger partial charge in [0.2, 0.25) is 0 Å². The maximum atomic E-state index is 6.05. The lowest BCUT2D eigenvalue weighted by Gasteiger charge is -2.13. The first-order valence-electron chi connectivity index (χ1n) is 9.17. The van der Waals surface area contributed by atoms with Crippen molar-refractivity contribution in [3.05, 3.63) is 56.6 Å². The predicted octanol–water partition coefficient (Wildman–Crippen LogP) is 7.25. The summed E-state index contributed by atoms with van der Waals surface area (Å²) in [6.07, 6.45) is 4.35. The molecular weight excluding hydrogens is 367 g/mol. The molecule has 0 saturated carbocycles. The fraction of sp³-hybridized carbons (Fsp3) is 0.455. The number of aryl methyl sites for hydroxylation is 4. The summed E-state index contributed by atoms with van der Waals surface area (Å²) in [5.74, 6) is 1.93. The van der Waals surface area contributed by atoms with Crippen LogP contribution in [-0.4, -0.2) is 13.2 Å². The summed E-state index contributed by atoms with van der Waals surface area (Å²) in [4.78, 5) is 0. The summed E-state index contributed by atoms with van der Waals surface area (Å²) in [6.45, 7) is 9.61. The standard InChI is InChI=1S/C22H28Cl2O2/c1-15-11-19(23)12-16(2)21(15)25-9-7-5-6-8-10-26-22-17(3)13-20(24)14-18(22)4/h11-14H,5-10H2,1-4H3. The number of ether oxygens (including phenoxy) is 2. The third kappa shape index (κ3) is 6.10. The Kier molecular flexibility index (Phi) is 8.12. The van der Waals surface area contributed by atoms with Crippen molar-refractivity contribution in [2.75, 3.05) is 13.2 Å². The van der Waals surface area contributed by atoms with Crippen LogP contribution < -0.4 is 9.47 Å². The Morgan fingerprint density at radius 2 is 0.885 bits per heavy atom. The van der Waals surface area contributed by atoms with E-state index in [0.29, 0.717) is 0 Å². The highest BCUT2D eigenvalue weighted by Gasteiger charge is 2.07. The van der Waals surface area contributed by atoms with Gasteiger partial charge >= 0.3 is 0 Å². The molecule has 2 nitrogen and oxygen atoms in total. The Balaban J connectivity index is 1.63. The van der Waals surface area contributed by atoms with Crippen LogP contribution in [0.3, 0.4) is 0 Å². The van der Waals surface area contributed by atoms with E-state index in [1.165, 1.54) is 0 Å². The maximum Gasteiger partial charge on any atom is 0.125 e. The van der Waals surface area contributed by atoms with Gasteiger partial charge in [-0.2, -0.15) is 0 Å². The van der Waals surface area contributed by atoms with Gasteiger partial charge in [0, 0.05) is 10.0 Å². The van der Waals surface area contributed by atoms with Gasteiger partial charge < -0.3 is 9.47 Å². The highest BCUT2D eigenvalue weighted by atomic mass is 35.5. The SMILES string of the molecule is Cc1cc(Cl)cc(C)c1OCCCCCCOc1c(C)cc(Cl)cc1C. The highest BCUT2D eigenvalue weighted by Crippen LogP contribution is 2.28. The van der Waals surface area contributed by atoms with E-state index in [-0.39, 0.29) is 0 Å². The molecule has 0 unspecified atom stereocenters. The Morgan fingerprint density at radius 1 is 0.577 bits per heavy atom. The number of hydrogen-bond donors (Lipinski definition) is 0. The second-order valence-electron chi connectivity index (χ2n) is 6.85. The van der Waals surface area contributed by atoms with E-state index < -0.39 is 0 Å². The normalized spacial score (nSPS) is 10.8. The van der Waals surface area contributed by atoms with Crippen LogP contribution in [0.15, 0.2) is 24.3 Å². The number of rotatable bonds is 9. The Labute approximate surface area is 167 Å². The summed E-state index contributed by atoms with van der Waals surface area (Å²) in [5.41, 5.74) is 4.38. The van der Waals surface area contributed by atoms with Gasteiger partial charge in [-0.15, -0.1) is 0 Å². The number of benzene rings is 2. The van der Waals surface area contributed by atoms with Crippen molar-refractivity contribution in [3.63, 3.8) is 0 Å². The zero-order valence-corrected chi connectivity index (χ0v) is 17.6. The van der Waals surface area contributed by atoms with Gasteiger partial charge in [0.15, 0.2) is 0 Å². The van der Waals surface area contributed by atoms with E-state index in [9.17, 15) is 0 Å². The van der Waals surface area contributed by atoms with Crippen molar-refractivity contribution in [2.24, 2.45) is 0 Å². The lowest BCUT2D eigenvalue weighted by molar-refractivity contribution is 0.284. The summed E-state index contributed by atoms with van der Waals surface area (Å²) in [5, 5.41) is 1.53. The number of halogens is 2. The molecule has 4 heteroatoms. The van der Waals surface area contributed by atoms with Crippen LogP contribution in [0.4, 0.5) is 0 Å². The molecule has 0 N–H and O–H groups in total. The first-order chi connectivity index (χ1) is 12.4. The van der Waals surface area contributed by atoms with Crippen molar-refractivity contribution in [2.45, 2.75) is 53.4 Å². The molecule has 0 aliphatic heterocycles. The maximum absolute atomic E-state index is 6.05. The molecule has 0 aliphatic carbocycles. The number of hydrogen-bond acceptors (Lipinski definition) is 2. The average Bonchev–Trinajstić information content (AvgIpc) is 2.53. The van der Waals surface area contributed by atoms with Gasteiger partial charge in [-0.05, 0) is 99.9 Å². The summed E-state index contributed by atoms with van der Waals surface area (Å²) >= 11 is 12.1. The topological polar surface area (TPSA) is 18.5 Å². The van der Waals surface area contributed by atoms with Crippen LogP contribution >= 0.6 is 23.2 Å². The molecule has 142 valence electrons. The van der Waals surface area contributed by atoms with Crippen molar-refractivity contribution in [3.8, 4) is 11.5 Å². The molecule has 0 fully saturated rings. The lowest BCUT2D eigenvalue weighted by Crippen LogP contribution is -2.03. The van der Waals surface area contributed by atoms with E-state index in [1.54, 1.807) is 0 Å². The van der Waals surface area contributed by atoms with E-state index in [2.05, 4.69) is 0 Å². The predicted molar refractivity (Wildman–Crippen MR) is 111 cm³/mol. The molecule has 0 spiro atoms. The van der Waals surface area contributed by atoms with Crippen LogP contribution in [-0.2, 0) is 0 Å². The monoisotopic (exact) mass is 394 g/mol. The van der Waals surface area contributed by atoms with Crippen molar-refractivity contribution in [1.29, 1.82) is 0 Å². The third-order valence-electron chi connectivity index (χ3n) is 4.38. The van der Waals surface area contributed by atoms with Crippen LogP contribution in [0.1, 0.15) is 47.9 Å². The molecule has 0 heterocycles. The molecule has 26 heavy (non-hydrogen) atoms. The van der Waals surface area contributed by atoms with Gasteiger partial charge in [0.05, 0.1) is 13.2 Å². The lowest BCUT2D eigenvalue weighted by atomic mass is 10.1. The van der Waals surface area contributed by atoms with Crippen LogP contribution in [0.25, 0.3) is 0 Å². The van der Waals surface area contributed by atoms with Crippen LogP contribution in [0, 0.1) is 27.7 Å². The van der Waals surface area contributed by atoms with Gasteiger partial charge in [0.25, 0.3) is 0 Å². The smallest absolute Gasteiger partial charge is 0.125 e. The van der Waals surface area contributed by atoms with Crippen LogP contribution in [0.2, 0.25) is 10.0 Å². The molecule has 2 aromatic rings. The third-order valence-corrected chi connectivity index (χ3v) is 4.82. The molecule has 2 rings (SSSR count). The first kappa shape index (κ1) is 20.9. The fourth-order valence-corrected chi connectivity index (χ4v) is 3.81. The molecule has 0 atom stereocenters. The minimum atomic E-state index is 0.736. The summed E-state index contributed by atoms with van der Waals surface area (Å²) < 4.78 is 11.9. The molecular formula is C22H28Cl2O2. The van der Waals surface area contributed by atoms with Crippen molar-refractivity contribution < 1.29 is 9.47 Å². The van der Waals surface area contributed by atoms with Gasteiger partial charge in [-0.1, -0.05) is 23.2 Å². The van der Waals surface area contributed by atoms with Crippen LogP contribution in [0.5, 0.6) is 11.5 Å². The van der Waals surface area contributed by atoms with E-state index in [0.717, 1.165) is 82.7 Å². The van der Waals surface area contributed by atoms with Crippen molar-refractivity contribution >= 4 is 23.2 Å². The van der Waals surface area contributed by atoms with E-state index in [4.69, 9.17) is 32.7 Å². The highest BCUT2D eigenvalue weighted by molar-refractivity contribution is 6.31. The minimum Gasteiger partial charge on any atom is -0.493 e. The molecule has 0 aromatic heterocycles. The molecule has 0 amide bonds. The molecule has 0 bridgehead atoms. The zero-order valence-electron chi connectivity index (χ0n) is 16.1. The second kappa shape index (κ2) is 10.1. The van der Waals surface area contributed by atoms with Gasteiger partial charge in [0.1, 0.15) is 11.5 Å². The summed E-state index contributed by atoms with van der Waals surface area (Å²) in [7, 11) is 0. The molecule has 0 aliphatic rings. The second-order valence-corrected chi connectivity index (χ2v) is 7.72. The van der Waals surface area contributed by atoms with Gasteiger partial charge in [-0.25, -0.2) is 0 Å². The Morgan fingerprint density at radius 3 is 1.19 bits per heavy atom. The van der Waals surface area contributed by atoms with E-state index >= 15 is 0 Å². The molecule has 2 aromatic carbocycles. The number of unbranched alkanes of at least 4 members (excludes halogenated alkanes) is 3. The average molecular weight is 395 g/mol. The molecule has 0 saturated heterocycles. The molecule has 0 radical (unpaired) electrons. The minimum absolute atomic E-state index is 0.736. The van der Waals surface area contributed by atoms with Gasteiger partial charge in [-0.3, -0.25) is 0 Å². The summed E-state index contributed by atoms with van der Waals surface area (Å²) in [6, 6.07) is 7.79. The van der Waals surface area contributed by atoms with E-state index in [1.807, 2.05) is 52.0 Å². The Bertz CT molecular complexity index is 631. The largest absolute Gasteiger partial charge is 0.493 e. The van der Waals surface area contributed by atoms with Crippen molar-refractivity contribution in [1.82, 2.24) is 0 Å².